The van der Waals surface area contributed by atoms with E-state index >= 15 is 0 Å². The SMILES string of the molecule is COc1ccc(CN(C)c2c(Cl)cccc2C(F)(F)F)cc1. The summed E-state index contributed by atoms with van der Waals surface area (Å²) in [4.78, 5) is 1.49. The van der Waals surface area contributed by atoms with E-state index in [-0.39, 0.29) is 10.7 Å². The quantitative estimate of drug-likeness (QED) is 0.782. The number of hydrogen-bond donors (Lipinski definition) is 0. The van der Waals surface area contributed by atoms with E-state index in [0.29, 0.717) is 12.3 Å². The molecule has 0 bridgehead atoms. The molecule has 0 aliphatic rings. The van der Waals surface area contributed by atoms with Crippen LogP contribution in [-0.4, -0.2) is 14.2 Å². The molecule has 0 saturated heterocycles. The minimum absolute atomic E-state index is 0.0208. The second-order valence-electron chi connectivity index (χ2n) is 4.84. The summed E-state index contributed by atoms with van der Waals surface area (Å²) in [6, 6.07) is 10.9. The molecule has 0 unspecified atom stereocenters. The summed E-state index contributed by atoms with van der Waals surface area (Å²) < 4.78 is 44.4. The van der Waals surface area contributed by atoms with Crippen LogP contribution in [0.5, 0.6) is 5.75 Å². The number of alkyl halides is 3. The fourth-order valence-corrected chi connectivity index (χ4v) is 2.53. The van der Waals surface area contributed by atoms with Crippen molar-refractivity contribution in [2.45, 2.75) is 12.7 Å². The number of benzene rings is 2. The van der Waals surface area contributed by atoms with Crippen LogP contribution in [0.3, 0.4) is 0 Å². The number of nitrogens with zero attached hydrogens (tertiary/aromatic N) is 1. The van der Waals surface area contributed by atoms with Crippen LogP contribution in [0.25, 0.3) is 0 Å². The fourth-order valence-electron chi connectivity index (χ4n) is 2.22. The highest BCUT2D eigenvalue weighted by atomic mass is 35.5. The summed E-state index contributed by atoms with van der Waals surface area (Å²) in [7, 11) is 3.14. The maximum Gasteiger partial charge on any atom is 0.418 e. The molecule has 0 amide bonds. The third-order valence-corrected chi connectivity index (χ3v) is 3.56. The zero-order valence-corrected chi connectivity index (χ0v) is 12.9. The standard InChI is InChI=1S/C16H15ClF3NO/c1-21(10-11-6-8-12(22-2)9-7-11)15-13(16(18,19)20)4-3-5-14(15)17/h3-9H,10H2,1-2H3. The Morgan fingerprint density at radius 1 is 1.09 bits per heavy atom. The molecule has 0 N–H and O–H groups in total. The number of ether oxygens (including phenoxy) is 1. The molecule has 0 aliphatic carbocycles. The van der Waals surface area contributed by atoms with E-state index in [9.17, 15) is 13.2 Å². The number of para-hydroxylation sites is 1. The lowest BCUT2D eigenvalue weighted by Crippen LogP contribution is -2.21. The smallest absolute Gasteiger partial charge is 0.418 e. The van der Waals surface area contributed by atoms with Crippen molar-refractivity contribution in [1.82, 2.24) is 0 Å². The second kappa shape index (κ2) is 6.48. The van der Waals surface area contributed by atoms with Crippen LogP contribution >= 0.6 is 11.6 Å². The minimum atomic E-state index is -4.45. The van der Waals surface area contributed by atoms with Crippen LogP contribution in [0.1, 0.15) is 11.1 Å². The number of hydrogen-bond acceptors (Lipinski definition) is 2. The highest BCUT2D eigenvalue weighted by Gasteiger charge is 2.35. The highest BCUT2D eigenvalue weighted by molar-refractivity contribution is 6.33. The van der Waals surface area contributed by atoms with Crippen LogP contribution in [0, 0.1) is 0 Å². The molecule has 0 radical (unpaired) electrons. The molecular weight excluding hydrogens is 315 g/mol. The number of rotatable bonds is 4. The first-order valence-corrected chi connectivity index (χ1v) is 6.90. The zero-order valence-electron chi connectivity index (χ0n) is 12.1. The van der Waals surface area contributed by atoms with Crippen molar-refractivity contribution >= 4 is 17.3 Å². The van der Waals surface area contributed by atoms with Crippen LogP contribution < -0.4 is 9.64 Å². The van der Waals surface area contributed by atoms with Gasteiger partial charge in [-0.3, -0.25) is 0 Å². The molecule has 0 spiro atoms. The third-order valence-electron chi connectivity index (χ3n) is 3.25. The van der Waals surface area contributed by atoms with Crippen molar-refractivity contribution < 1.29 is 17.9 Å². The van der Waals surface area contributed by atoms with Gasteiger partial charge >= 0.3 is 6.18 Å². The van der Waals surface area contributed by atoms with Gasteiger partial charge in [0.2, 0.25) is 0 Å². The van der Waals surface area contributed by atoms with Gasteiger partial charge in [0.05, 0.1) is 23.4 Å². The maximum absolute atomic E-state index is 13.1. The first kappa shape index (κ1) is 16.5. The molecule has 2 rings (SSSR count). The molecular formula is C16H15ClF3NO. The number of halogens is 4. The Labute approximate surface area is 132 Å². The van der Waals surface area contributed by atoms with Gasteiger partial charge in [-0.25, -0.2) is 0 Å². The van der Waals surface area contributed by atoms with Gasteiger partial charge in [0.15, 0.2) is 0 Å². The van der Waals surface area contributed by atoms with Gasteiger partial charge in [0, 0.05) is 13.6 Å². The molecule has 0 atom stereocenters. The lowest BCUT2D eigenvalue weighted by atomic mass is 10.1. The Bertz CT molecular complexity index is 641. The fraction of sp³-hybridized carbons (Fsp3) is 0.250. The van der Waals surface area contributed by atoms with Gasteiger partial charge in [-0.05, 0) is 29.8 Å². The maximum atomic E-state index is 13.1. The van der Waals surface area contributed by atoms with Crippen LogP contribution in [0.2, 0.25) is 5.02 Å². The van der Waals surface area contributed by atoms with E-state index in [2.05, 4.69) is 0 Å². The van der Waals surface area contributed by atoms with Crippen molar-refractivity contribution in [3.63, 3.8) is 0 Å². The average molecular weight is 330 g/mol. The van der Waals surface area contributed by atoms with Crippen LogP contribution in [-0.2, 0) is 12.7 Å². The Hall–Kier alpha value is -1.88. The Kier molecular flexibility index (Phi) is 4.86. The molecule has 2 aromatic carbocycles. The topological polar surface area (TPSA) is 12.5 Å². The van der Waals surface area contributed by atoms with Gasteiger partial charge in [0.1, 0.15) is 5.75 Å². The van der Waals surface area contributed by atoms with Crippen LogP contribution in [0.4, 0.5) is 18.9 Å². The largest absolute Gasteiger partial charge is 0.497 e. The van der Waals surface area contributed by atoms with E-state index in [4.69, 9.17) is 16.3 Å². The Morgan fingerprint density at radius 3 is 2.27 bits per heavy atom. The molecule has 6 heteroatoms. The number of methoxy groups -OCH3 is 1. The predicted molar refractivity (Wildman–Crippen MR) is 81.6 cm³/mol. The predicted octanol–water partition coefficient (Wildman–Crippen LogP) is 5.00. The summed E-state index contributed by atoms with van der Waals surface area (Å²) >= 11 is 5.98. The van der Waals surface area contributed by atoms with E-state index in [1.165, 1.54) is 17.0 Å². The summed E-state index contributed by atoms with van der Waals surface area (Å²) in [6.45, 7) is 0.302. The molecule has 2 aromatic rings. The monoisotopic (exact) mass is 329 g/mol. The molecule has 118 valence electrons. The van der Waals surface area contributed by atoms with E-state index in [1.807, 2.05) is 0 Å². The van der Waals surface area contributed by atoms with Crippen LogP contribution in [0.15, 0.2) is 42.5 Å². The summed E-state index contributed by atoms with van der Waals surface area (Å²) in [6.07, 6.45) is -4.45. The number of anilines is 1. The van der Waals surface area contributed by atoms with E-state index < -0.39 is 11.7 Å². The molecule has 0 fully saturated rings. The normalized spacial score (nSPS) is 11.4. The first-order chi connectivity index (χ1) is 10.3. The van der Waals surface area contributed by atoms with E-state index in [0.717, 1.165) is 11.6 Å². The van der Waals surface area contributed by atoms with Crippen molar-refractivity contribution in [2.75, 3.05) is 19.1 Å². The molecule has 0 saturated carbocycles. The average Bonchev–Trinajstić information content (AvgIpc) is 2.46. The van der Waals surface area contributed by atoms with Gasteiger partial charge in [-0.2, -0.15) is 13.2 Å². The third kappa shape index (κ3) is 3.65. The molecule has 0 aromatic heterocycles. The lowest BCUT2D eigenvalue weighted by molar-refractivity contribution is -0.137. The Balaban J connectivity index is 2.30. The minimum Gasteiger partial charge on any atom is -0.497 e. The second-order valence-corrected chi connectivity index (χ2v) is 5.25. The molecule has 0 heterocycles. The molecule has 22 heavy (non-hydrogen) atoms. The van der Waals surface area contributed by atoms with Gasteiger partial charge in [-0.1, -0.05) is 29.8 Å². The van der Waals surface area contributed by atoms with Gasteiger partial charge < -0.3 is 9.64 Å². The zero-order chi connectivity index (χ0) is 16.3. The van der Waals surface area contributed by atoms with Crippen molar-refractivity contribution in [2.24, 2.45) is 0 Å². The lowest BCUT2D eigenvalue weighted by Gasteiger charge is -2.25. The Morgan fingerprint density at radius 2 is 1.73 bits per heavy atom. The van der Waals surface area contributed by atoms with Gasteiger partial charge in [0.25, 0.3) is 0 Å². The van der Waals surface area contributed by atoms with Crippen molar-refractivity contribution in [3.8, 4) is 5.75 Å². The molecule has 2 nitrogen and oxygen atoms in total. The van der Waals surface area contributed by atoms with Crippen molar-refractivity contribution in [1.29, 1.82) is 0 Å². The van der Waals surface area contributed by atoms with E-state index in [1.54, 1.807) is 38.4 Å². The first-order valence-electron chi connectivity index (χ1n) is 6.52. The molecule has 0 aliphatic heterocycles. The highest BCUT2D eigenvalue weighted by Crippen LogP contribution is 2.40. The van der Waals surface area contributed by atoms with Gasteiger partial charge in [-0.15, -0.1) is 0 Å². The summed E-state index contributed by atoms with van der Waals surface area (Å²) in [5.74, 6) is 0.695. The summed E-state index contributed by atoms with van der Waals surface area (Å²) in [5, 5.41) is 0.0748. The summed E-state index contributed by atoms with van der Waals surface area (Å²) in [5.41, 5.74) is 0.0971. The van der Waals surface area contributed by atoms with Crippen molar-refractivity contribution in [3.05, 3.63) is 58.6 Å².